The third kappa shape index (κ3) is 3.43. The number of imidazole rings is 1. The monoisotopic (exact) mass is 329 g/mol. The van der Waals surface area contributed by atoms with Crippen LogP contribution in [0.15, 0.2) is 29.0 Å². The highest BCUT2D eigenvalue weighted by Gasteiger charge is 2.19. The van der Waals surface area contributed by atoms with Gasteiger partial charge < -0.3 is 19.0 Å². The Morgan fingerprint density at radius 3 is 3.08 bits per heavy atom. The van der Waals surface area contributed by atoms with E-state index in [0.29, 0.717) is 30.4 Å². The van der Waals surface area contributed by atoms with Crippen molar-refractivity contribution in [2.45, 2.75) is 26.3 Å². The number of nitrogens with zero attached hydrogens (tertiary/aromatic N) is 4. The van der Waals surface area contributed by atoms with E-state index in [1.54, 1.807) is 20.2 Å². The standard InChI is InChI=1S/C16H19N5O3/c1-10-4-6-21-9-12(18-14(21)8-10)15(22)17-11(2)16-19-13(20-24-16)5-7-23-3/h4,6,8-9,11H,5,7H2,1-3H3,(H,17,22)/t11-/m1/s1. The van der Waals surface area contributed by atoms with Crippen molar-refractivity contribution in [1.82, 2.24) is 24.8 Å². The van der Waals surface area contributed by atoms with Crippen molar-refractivity contribution in [3.63, 3.8) is 0 Å². The van der Waals surface area contributed by atoms with E-state index in [9.17, 15) is 4.79 Å². The summed E-state index contributed by atoms with van der Waals surface area (Å²) in [6, 6.07) is 3.46. The van der Waals surface area contributed by atoms with Gasteiger partial charge in [0.25, 0.3) is 5.91 Å². The van der Waals surface area contributed by atoms with E-state index in [0.717, 1.165) is 11.2 Å². The zero-order valence-corrected chi connectivity index (χ0v) is 13.8. The second kappa shape index (κ2) is 6.79. The molecule has 0 aliphatic carbocycles. The van der Waals surface area contributed by atoms with E-state index in [-0.39, 0.29) is 5.91 Å². The lowest BCUT2D eigenvalue weighted by molar-refractivity contribution is 0.0928. The summed E-state index contributed by atoms with van der Waals surface area (Å²) in [6.45, 7) is 4.28. The zero-order valence-electron chi connectivity index (χ0n) is 13.8. The Bertz CT molecular complexity index is 854. The minimum atomic E-state index is -0.409. The Labute approximate surface area is 138 Å². The van der Waals surface area contributed by atoms with Crippen LogP contribution in [0, 0.1) is 6.92 Å². The van der Waals surface area contributed by atoms with Crippen molar-refractivity contribution < 1.29 is 14.1 Å². The summed E-state index contributed by atoms with van der Waals surface area (Å²) in [5.74, 6) is 0.616. The first-order chi connectivity index (χ1) is 11.6. The fourth-order valence-corrected chi connectivity index (χ4v) is 2.26. The fraction of sp³-hybridized carbons (Fsp3) is 0.375. The first kappa shape index (κ1) is 16.1. The second-order valence-electron chi connectivity index (χ2n) is 5.58. The van der Waals surface area contributed by atoms with E-state index in [1.165, 1.54) is 0 Å². The molecule has 0 radical (unpaired) electrons. The number of methoxy groups -OCH3 is 1. The SMILES string of the molecule is COCCc1noc([C@@H](C)NC(=O)c2cn3ccc(C)cc3n2)n1. The lowest BCUT2D eigenvalue weighted by Gasteiger charge is -2.07. The maximum atomic E-state index is 12.4. The van der Waals surface area contributed by atoms with E-state index >= 15 is 0 Å². The molecule has 3 aromatic heterocycles. The van der Waals surface area contributed by atoms with Crippen molar-refractivity contribution in [3.05, 3.63) is 47.5 Å². The highest BCUT2D eigenvalue weighted by atomic mass is 16.5. The van der Waals surface area contributed by atoms with Gasteiger partial charge in [-0.1, -0.05) is 5.16 Å². The summed E-state index contributed by atoms with van der Waals surface area (Å²) in [5.41, 5.74) is 2.15. The van der Waals surface area contributed by atoms with Gasteiger partial charge >= 0.3 is 0 Å². The van der Waals surface area contributed by atoms with E-state index in [1.807, 2.05) is 29.7 Å². The number of amides is 1. The van der Waals surface area contributed by atoms with Crippen molar-refractivity contribution in [3.8, 4) is 0 Å². The maximum absolute atomic E-state index is 12.4. The molecule has 0 aromatic carbocycles. The van der Waals surface area contributed by atoms with Gasteiger partial charge in [0.05, 0.1) is 6.61 Å². The molecular weight excluding hydrogens is 310 g/mol. The number of hydrogen-bond donors (Lipinski definition) is 1. The Morgan fingerprint density at radius 2 is 2.29 bits per heavy atom. The summed E-state index contributed by atoms with van der Waals surface area (Å²) in [4.78, 5) is 20.9. The Balaban J connectivity index is 1.69. The molecule has 0 saturated heterocycles. The van der Waals surface area contributed by atoms with E-state index in [2.05, 4.69) is 20.4 Å². The normalized spacial score (nSPS) is 12.5. The van der Waals surface area contributed by atoms with Gasteiger partial charge in [-0.3, -0.25) is 4.79 Å². The van der Waals surface area contributed by atoms with Gasteiger partial charge in [0.2, 0.25) is 5.89 Å². The molecule has 3 heterocycles. The largest absolute Gasteiger partial charge is 0.384 e. The Hall–Kier alpha value is -2.74. The quantitative estimate of drug-likeness (QED) is 0.740. The van der Waals surface area contributed by atoms with Crippen LogP contribution in [-0.4, -0.2) is 39.1 Å². The predicted molar refractivity (Wildman–Crippen MR) is 85.7 cm³/mol. The zero-order chi connectivity index (χ0) is 17.1. The van der Waals surface area contributed by atoms with Crippen LogP contribution < -0.4 is 5.32 Å². The van der Waals surface area contributed by atoms with E-state index in [4.69, 9.17) is 9.26 Å². The topological polar surface area (TPSA) is 94.6 Å². The average Bonchev–Trinajstić information content (AvgIpc) is 3.19. The van der Waals surface area contributed by atoms with Gasteiger partial charge in [0.15, 0.2) is 5.82 Å². The van der Waals surface area contributed by atoms with Gasteiger partial charge in [-0.15, -0.1) is 0 Å². The molecule has 0 aliphatic rings. The number of carbonyl (C=O) groups is 1. The number of carbonyl (C=O) groups excluding carboxylic acids is 1. The third-order valence-corrected chi connectivity index (χ3v) is 3.58. The lowest BCUT2D eigenvalue weighted by Crippen LogP contribution is -2.27. The fourth-order valence-electron chi connectivity index (χ4n) is 2.26. The van der Waals surface area contributed by atoms with Crippen molar-refractivity contribution >= 4 is 11.6 Å². The molecule has 0 saturated carbocycles. The number of ether oxygens (including phenoxy) is 1. The van der Waals surface area contributed by atoms with Gasteiger partial charge in [0, 0.05) is 25.9 Å². The first-order valence-electron chi connectivity index (χ1n) is 7.64. The van der Waals surface area contributed by atoms with E-state index < -0.39 is 6.04 Å². The number of pyridine rings is 1. The van der Waals surface area contributed by atoms with Crippen LogP contribution in [0.25, 0.3) is 5.65 Å². The van der Waals surface area contributed by atoms with Crippen molar-refractivity contribution in [2.24, 2.45) is 0 Å². The molecule has 24 heavy (non-hydrogen) atoms. The number of nitrogens with one attached hydrogen (secondary N) is 1. The molecule has 3 rings (SSSR count). The predicted octanol–water partition coefficient (Wildman–Crippen LogP) is 1.71. The summed E-state index contributed by atoms with van der Waals surface area (Å²) < 4.78 is 12.0. The molecule has 1 amide bonds. The molecule has 0 fully saturated rings. The molecule has 0 spiro atoms. The molecule has 126 valence electrons. The Morgan fingerprint density at radius 1 is 1.46 bits per heavy atom. The third-order valence-electron chi connectivity index (χ3n) is 3.58. The van der Waals surface area contributed by atoms with Crippen LogP contribution in [0.2, 0.25) is 0 Å². The van der Waals surface area contributed by atoms with Crippen LogP contribution in [-0.2, 0) is 11.2 Å². The molecule has 8 nitrogen and oxygen atoms in total. The molecule has 0 unspecified atom stereocenters. The van der Waals surface area contributed by atoms with Gasteiger partial charge in [-0.25, -0.2) is 4.98 Å². The van der Waals surface area contributed by atoms with Crippen molar-refractivity contribution in [2.75, 3.05) is 13.7 Å². The maximum Gasteiger partial charge on any atom is 0.272 e. The molecule has 3 aromatic rings. The molecule has 0 aliphatic heterocycles. The molecular formula is C16H19N5O3. The molecule has 8 heteroatoms. The van der Waals surface area contributed by atoms with Crippen LogP contribution in [0.3, 0.4) is 0 Å². The number of aromatic nitrogens is 4. The number of fused-ring (bicyclic) bond motifs is 1. The molecule has 0 bridgehead atoms. The van der Waals surface area contributed by atoms with Crippen LogP contribution in [0.1, 0.15) is 40.7 Å². The summed E-state index contributed by atoms with van der Waals surface area (Å²) in [5, 5.41) is 6.68. The highest BCUT2D eigenvalue weighted by molar-refractivity contribution is 5.93. The smallest absolute Gasteiger partial charge is 0.272 e. The second-order valence-corrected chi connectivity index (χ2v) is 5.58. The summed E-state index contributed by atoms with van der Waals surface area (Å²) >= 11 is 0. The summed E-state index contributed by atoms with van der Waals surface area (Å²) in [7, 11) is 1.61. The summed E-state index contributed by atoms with van der Waals surface area (Å²) in [6.07, 6.45) is 4.12. The minimum absolute atomic E-state index is 0.291. The van der Waals surface area contributed by atoms with Crippen LogP contribution in [0.4, 0.5) is 0 Å². The Kier molecular flexibility index (Phi) is 4.57. The number of hydrogen-bond acceptors (Lipinski definition) is 6. The van der Waals surface area contributed by atoms with Crippen LogP contribution >= 0.6 is 0 Å². The highest BCUT2D eigenvalue weighted by Crippen LogP contribution is 2.12. The lowest BCUT2D eigenvalue weighted by atomic mass is 10.3. The van der Waals surface area contributed by atoms with Gasteiger partial charge in [-0.05, 0) is 31.5 Å². The van der Waals surface area contributed by atoms with Gasteiger partial charge in [-0.2, -0.15) is 4.98 Å². The molecule has 1 atom stereocenters. The van der Waals surface area contributed by atoms with Gasteiger partial charge in [0.1, 0.15) is 17.4 Å². The minimum Gasteiger partial charge on any atom is -0.384 e. The number of rotatable bonds is 6. The van der Waals surface area contributed by atoms with Crippen LogP contribution in [0.5, 0.6) is 0 Å². The first-order valence-corrected chi connectivity index (χ1v) is 7.64. The number of aryl methyl sites for hydroxylation is 1. The van der Waals surface area contributed by atoms with Crippen molar-refractivity contribution in [1.29, 1.82) is 0 Å². The molecule has 1 N–H and O–H groups in total. The average molecular weight is 329 g/mol.